The Morgan fingerprint density at radius 3 is 2.60 bits per heavy atom. The first-order valence-corrected chi connectivity index (χ1v) is 7.76. The van der Waals surface area contributed by atoms with E-state index in [1.165, 1.54) is 5.56 Å². The van der Waals surface area contributed by atoms with Gasteiger partial charge in [-0.05, 0) is 36.7 Å². The number of hydrogen-bond acceptors (Lipinski definition) is 2. The van der Waals surface area contributed by atoms with E-state index in [1.807, 2.05) is 18.2 Å². The third-order valence-corrected chi connectivity index (χ3v) is 5.25. The van der Waals surface area contributed by atoms with Gasteiger partial charge in [0.2, 0.25) is 0 Å². The van der Waals surface area contributed by atoms with Crippen LogP contribution in [0.1, 0.15) is 38.2 Å². The van der Waals surface area contributed by atoms with Crippen molar-refractivity contribution in [2.24, 2.45) is 23.7 Å². The van der Waals surface area contributed by atoms with Gasteiger partial charge >= 0.3 is 0 Å². The lowest BCUT2D eigenvalue weighted by atomic mass is 9.60. The second-order valence-electron chi connectivity index (χ2n) is 6.47. The molecule has 0 heterocycles. The maximum absolute atomic E-state index is 12.5. The van der Waals surface area contributed by atoms with Crippen LogP contribution in [-0.2, 0) is 16.0 Å². The van der Waals surface area contributed by atoms with Crippen LogP contribution in [0.2, 0.25) is 0 Å². The Bertz CT molecular complexity index is 505. The fraction of sp³-hybridized carbons (Fsp3) is 0.556. The summed E-state index contributed by atoms with van der Waals surface area (Å²) < 4.78 is 0. The Balaban J connectivity index is 1.80. The van der Waals surface area contributed by atoms with Gasteiger partial charge in [0.05, 0.1) is 0 Å². The van der Waals surface area contributed by atoms with Gasteiger partial charge in [0.1, 0.15) is 11.6 Å². The molecule has 0 aromatic heterocycles. The second-order valence-corrected chi connectivity index (χ2v) is 6.47. The third-order valence-electron chi connectivity index (χ3n) is 5.25. The van der Waals surface area contributed by atoms with E-state index in [9.17, 15) is 9.59 Å². The quantitative estimate of drug-likeness (QED) is 0.825. The number of carbonyl (C=O) groups is 2. The van der Waals surface area contributed by atoms with Crippen LogP contribution >= 0.6 is 0 Å². The molecule has 1 aromatic carbocycles. The smallest absolute Gasteiger partial charge is 0.136 e. The first-order valence-electron chi connectivity index (χ1n) is 7.76. The number of rotatable bonds is 2. The summed E-state index contributed by atoms with van der Waals surface area (Å²) in [6.07, 6.45) is 4.17. The zero-order valence-corrected chi connectivity index (χ0v) is 12.0. The van der Waals surface area contributed by atoms with E-state index < -0.39 is 0 Å². The summed E-state index contributed by atoms with van der Waals surface area (Å²) in [6.45, 7) is 2.12. The normalized spacial score (nSPS) is 33.9. The van der Waals surface area contributed by atoms with Crippen molar-refractivity contribution >= 4 is 11.6 Å². The highest BCUT2D eigenvalue weighted by atomic mass is 16.1. The van der Waals surface area contributed by atoms with E-state index in [0.717, 1.165) is 25.7 Å². The largest absolute Gasteiger partial charge is 0.299 e. The van der Waals surface area contributed by atoms with Crippen molar-refractivity contribution < 1.29 is 9.59 Å². The highest BCUT2D eigenvalue weighted by molar-refractivity contribution is 5.89. The predicted octanol–water partition coefficient (Wildman–Crippen LogP) is 3.44. The van der Waals surface area contributed by atoms with E-state index in [2.05, 4.69) is 19.1 Å². The minimum Gasteiger partial charge on any atom is -0.299 e. The highest BCUT2D eigenvalue weighted by Crippen LogP contribution is 2.44. The molecule has 0 unspecified atom stereocenters. The van der Waals surface area contributed by atoms with Gasteiger partial charge in [0.15, 0.2) is 0 Å². The maximum atomic E-state index is 12.5. The molecule has 20 heavy (non-hydrogen) atoms. The zero-order chi connectivity index (χ0) is 14.1. The lowest BCUT2D eigenvalue weighted by molar-refractivity contribution is -0.140. The molecule has 2 saturated carbocycles. The number of benzene rings is 1. The fourth-order valence-electron chi connectivity index (χ4n) is 4.22. The topological polar surface area (TPSA) is 34.1 Å². The number of hydrogen-bond donors (Lipinski definition) is 0. The van der Waals surface area contributed by atoms with E-state index in [0.29, 0.717) is 23.9 Å². The van der Waals surface area contributed by atoms with Crippen LogP contribution in [0.25, 0.3) is 0 Å². The summed E-state index contributed by atoms with van der Waals surface area (Å²) in [4.78, 5) is 24.7. The summed E-state index contributed by atoms with van der Waals surface area (Å²) in [7, 11) is 0. The maximum Gasteiger partial charge on any atom is 0.136 e. The second kappa shape index (κ2) is 5.51. The minimum absolute atomic E-state index is 0.0284. The van der Waals surface area contributed by atoms with Crippen LogP contribution in [0, 0.1) is 23.7 Å². The molecule has 1 aromatic rings. The summed E-state index contributed by atoms with van der Waals surface area (Å²) in [5.41, 5.74) is 1.21. The molecule has 0 aliphatic heterocycles. The monoisotopic (exact) mass is 270 g/mol. The van der Waals surface area contributed by atoms with Crippen LogP contribution in [-0.4, -0.2) is 11.6 Å². The van der Waals surface area contributed by atoms with Gasteiger partial charge in [-0.15, -0.1) is 0 Å². The number of Topliss-reactive ketones (excluding diaryl/α,β-unsaturated/α-hetero) is 2. The molecule has 0 amide bonds. The van der Waals surface area contributed by atoms with Crippen LogP contribution in [0.5, 0.6) is 0 Å². The Labute approximate surface area is 120 Å². The average Bonchev–Trinajstić information content (AvgIpc) is 2.44. The molecule has 2 nitrogen and oxygen atoms in total. The van der Waals surface area contributed by atoms with Gasteiger partial charge in [-0.1, -0.05) is 37.3 Å². The third kappa shape index (κ3) is 2.44. The zero-order valence-electron chi connectivity index (χ0n) is 12.0. The molecule has 2 aliphatic rings. The van der Waals surface area contributed by atoms with Crippen LogP contribution < -0.4 is 0 Å². The Hall–Kier alpha value is -1.44. The molecule has 0 saturated heterocycles. The number of carbonyl (C=O) groups excluding carboxylic acids is 2. The fourth-order valence-corrected chi connectivity index (χ4v) is 4.22. The van der Waals surface area contributed by atoms with Gasteiger partial charge in [-0.3, -0.25) is 9.59 Å². The molecular formula is C18H22O2. The summed E-state index contributed by atoms with van der Waals surface area (Å²) >= 11 is 0. The first kappa shape index (κ1) is 13.5. The van der Waals surface area contributed by atoms with E-state index in [1.54, 1.807) is 0 Å². The highest BCUT2D eigenvalue weighted by Gasteiger charge is 2.45. The van der Waals surface area contributed by atoms with Crippen LogP contribution in [0.3, 0.4) is 0 Å². The summed E-state index contributed by atoms with van der Waals surface area (Å²) in [6, 6.07) is 10.2. The molecule has 3 rings (SSSR count). The van der Waals surface area contributed by atoms with Crippen LogP contribution in [0.4, 0.5) is 0 Å². The average molecular weight is 270 g/mol. The summed E-state index contributed by atoms with van der Waals surface area (Å²) in [5.74, 6) is 1.47. The van der Waals surface area contributed by atoms with Gasteiger partial charge in [-0.2, -0.15) is 0 Å². The van der Waals surface area contributed by atoms with Crippen molar-refractivity contribution in [3.63, 3.8) is 0 Å². The lowest BCUT2D eigenvalue weighted by Gasteiger charge is -2.42. The minimum atomic E-state index is 0.0284. The SMILES string of the molecule is C[C@H]1[C@H]2C(=O)CCC[C@@H]2CC(=O)[C@H]1Cc1ccccc1. The summed E-state index contributed by atoms with van der Waals surface area (Å²) in [5, 5.41) is 0. The van der Waals surface area contributed by atoms with Gasteiger partial charge < -0.3 is 0 Å². The molecular weight excluding hydrogens is 248 g/mol. The Morgan fingerprint density at radius 1 is 1.10 bits per heavy atom. The molecule has 4 atom stereocenters. The molecule has 106 valence electrons. The molecule has 0 bridgehead atoms. The molecule has 2 heteroatoms. The molecule has 2 aliphatic carbocycles. The van der Waals surface area contributed by atoms with E-state index >= 15 is 0 Å². The molecule has 0 spiro atoms. The Morgan fingerprint density at radius 2 is 1.85 bits per heavy atom. The standard InChI is InChI=1S/C18H22O2/c1-12-15(10-13-6-3-2-4-7-13)17(20)11-14-8-5-9-16(19)18(12)14/h2-4,6-7,12,14-15,18H,5,8-11H2,1H3/t12-,14-,15+,18-/m1/s1. The molecule has 2 fully saturated rings. The van der Waals surface area contributed by atoms with Crippen LogP contribution in [0.15, 0.2) is 30.3 Å². The Kier molecular flexibility index (Phi) is 3.73. The number of ketones is 2. The van der Waals surface area contributed by atoms with Crippen molar-refractivity contribution in [2.75, 3.05) is 0 Å². The van der Waals surface area contributed by atoms with E-state index in [4.69, 9.17) is 0 Å². The van der Waals surface area contributed by atoms with Crippen molar-refractivity contribution in [1.82, 2.24) is 0 Å². The first-order chi connectivity index (χ1) is 9.66. The van der Waals surface area contributed by atoms with Gasteiger partial charge in [0, 0.05) is 24.7 Å². The van der Waals surface area contributed by atoms with Gasteiger partial charge in [0.25, 0.3) is 0 Å². The van der Waals surface area contributed by atoms with Gasteiger partial charge in [-0.25, -0.2) is 0 Å². The predicted molar refractivity (Wildman–Crippen MR) is 78.3 cm³/mol. The van der Waals surface area contributed by atoms with Crippen molar-refractivity contribution in [3.8, 4) is 0 Å². The molecule has 0 radical (unpaired) electrons. The van der Waals surface area contributed by atoms with Crippen molar-refractivity contribution in [2.45, 2.75) is 39.0 Å². The van der Waals surface area contributed by atoms with Crippen molar-refractivity contribution in [3.05, 3.63) is 35.9 Å². The lowest BCUT2D eigenvalue weighted by Crippen LogP contribution is -2.45. The molecule has 0 N–H and O–H groups in total. The van der Waals surface area contributed by atoms with Crippen molar-refractivity contribution in [1.29, 1.82) is 0 Å². The number of fused-ring (bicyclic) bond motifs is 1. The van der Waals surface area contributed by atoms with E-state index in [-0.39, 0.29) is 17.8 Å².